The van der Waals surface area contributed by atoms with Crippen LogP contribution in [0.15, 0.2) is 72.9 Å². The summed E-state index contributed by atoms with van der Waals surface area (Å²) in [6.07, 6.45) is 5.43. The first-order valence-corrected chi connectivity index (χ1v) is 12.3. The van der Waals surface area contributed by atoms with E-state index in [1.807, 2.05) is 35.8 Å². The SMILES string of the molecule is C[C@]1(O)C[C@](N)(c2ccc(-c3nc4c(cnc5cc(C6CC6)nn54)cc3-c3ccccc3)cc2)C1. The standard InChI is InChI=1S/C29H27N5O/c1-28(35)16-29(30,17-28)22-11-9-20(10-12-22)26-23(18-5-3-2-4-6-18)13-21-15-31-25-14-24(19-7-8-19)33-34(25)27(21)32-26/h2-6,9-15,19,35H,7-8,16-17,30H2,1H3/t28-,29+. The average molecular weight is 462 g/mol. The number of rotatable bonds is 4. The lowest BCUT2D eigenvalue weighted by atomic mass is 9.63. The highest BCUT2D eigenvalue weighted by atomic mass is 16.3. The molecule has 2 fully saturated rings. The minimum absolute atomic E-state index is 0.479. The summed E-state index contributed by atoms with van der Waals surface area (Å²) in [5.74, 6) is 0.554. The molecule has 0 radical (unpaired) electrons. The first-order valence-electron chi connectivity index (χ1n) is 12.3. The smallest absolute Gasteiger partial charge is 0.165 e. The van der Waals surface area contributed by atoms with E-state index in [0.29, 0.717) is 18.8 Å². The van der Waals surface area contributed by atoms with Gasteiger partial charge in [-0.05, 0) is 49.8 Å². The lowest BCUT2D eigenvalue weighted by molar-refractivity contribution is -0.0738. The predicted molar refractivity (Wildman–Crippen MR) is 137 cm³/mol. The fourth-order valence-corrected chi connectivity index (χ4v) is 5.66. The molecule has 2 aliphatic rings. The van der Waals surface area contributed by atoms with Crippen LogP contribution < -0.4 is 5.73 Å². The molecule has 7 rings (SSSR count). The van der Waals surface area contributed by atoms with E-state index in [2.05, 4.69) is 53.5 Å². The molecule has 6 heteroatoms. The summed E-state index contributed by atoms with van der Waals surface area (Å²) in [4.78, 5) is 9.85. The molecule has 0 bridgehead atoms. The Morgan fingerprint density at radius 3 is 2.40 bits per heavy atom. The van der Waals surface area contributed by atoms with Crippen molar-refractivity contribution in [3.05, 3.63) is 84.2 Å². The first-order chi connectivity index (χ1) is 16.9. The average Bonchev–Trinajstić information content (AvgIpc) is 3.61. The Labute approximate surface area is 203 Å². The minimum atomic E-state index is -0.684. The molecule has 2 aliphatic carbocycles. The number of nitrogens with two attached hydrogens (primary N) is 1. The molecule has 35 heavy (non-hydrogen) atoms. The summed E-state index contributed by atoms with van der Waals surface area (Å²) in [6, 6.07) is 22.9. The van der Waals surface area contributed by atoms with Crippen LogP contribution in [0.1, 0.15) is 49.8 Å². The zero-order valence-electron chi connectivity index (χ0n) is 19.6. The van der Waals surface area contributed by atoms with Gasteiger partial charge in [-0.25, -0.2) is 9.97 Å². The first kappa shape index (κ1) is 20.7. The molecule has 0 aliphatic heterocycles. The van der Waals surface area contributed by atoms with E-state index in [-0.39, 0.29) is 0 Å². The maximum absolute atomic E-state index is 10.2. The molecule has 6 nitrogen and oxygen atoms in total. The van der Waals surface area contributed by atoms with Gasteiger partial charge in [-0.3, -0.25) is 0 Å². The van der Waals surface area contributed by atoms with Crippen LogP contribution >= 0.6 is 0 Å². The lowest BCUT2D eigenvalue weighted by Crippen LogP contribution is -2.58. The molecule has 5 aromatic rings. The second kappa shape index (κ2) is 7.20. The predicted octanol–water partition coefficient (Wildman–Crippen LogP) is 5.19. The molecule has 0 unspecified atom stereocenters. The number of aromatic nitrogens is 4. The van der Waals surface area contributed by atoms with Crippen molar-refractivity contribution in [1.29, 1.82) is 0 Å². The molecule has 3 aromatic heterocycles. The summed E-state index contributed by atoms with van der Waals surface area (Å²) >= 11 is 0. The summed E-state index contributed by atoms with van der Waals surface area (Å²) in [6.45, 7) is 1.84. The number of benzene rings is 2. The zero-order valence-corrected chi connectivity index (χ0v) is 19.6. The van der Waals surface area contributed by atoms with Crippen LogP contribution in [0, 0.1) is 0 Å². The maximum Gasteiger partial charge on any atom is 0.165 e. The van der Waals surface area contributed by atoms with E-state index < -0.39 is 11.1 Å². The van der Waals surface area contributed by atoms with E-state index >= 15 is 0 Å². The monoisotopic (exact) mass is 461 g/mol. The Morgan fingerprint density at radius 1 is 0.971 bits per heavy atom. The third-order valence-corrected chi connectivity index (χ3v) is 7.48. The molecule has 3 N–H and O–H groups in total. The number of hydrogen-bond donors (Lipinski definition) is 2. The zero-order chi connectivity index (χ0) is 23.8. The van der Waals surface area contributed by atoms with Crippen LogP contribution in [0.2, 0.25) is 0 Å². The van der Waals surface area contributed by atoms with Gasteiger partial charge < -0.3 is 10.8 Å². The summed E-state index contributed by atoms with van der Waals surface area (Å²) < 4.78 is 1.89. The Morgan fingerprint density at radius 2 is 1.71 bits per heavy atom. The fourth-order valence-electron chi connectivity index (χ4n) is 5.66. The fraction of sp³-hybridized carbons (Fsp3) is 0.276. The van der Waals surface area contributed by atoms with Crippen LogP contribution in [0.3, 0.4) is 0 Å². The van der Waals surface area contributed by atoms with Gasteiger partial charge >= 0.3 is 0 Å². The van der Waals surface area contributed by atoms with Crippen LogP contribution in [0.4, 0.5) is 0 Å². The van der Waals surface area contributed by atoms with Crippen molar-refractivity contribution < 1.29 is 5.11 Å². The molecule has 2 saturated carbocycles. The van der Waals surface area contributed by atoms with Gasteiger partial charge in [-0.15, -0.1) is 0 Å². The number of hydrogen-bond acceptors (Lipinski definition) is 5. The molecular formula is C29H27N5O. The van der Waals surface area contributed by atoms with Crippen LogP contribution in [-0.4, -0.2) is 30.3 Å². The summed E-state index contributed by atoms with van der Waals surface area (Å²) in [5, 5.41) is 16.1. The lowest BCUT2D eigenvalue weighted by Gasteiger charge is -2.49. The van der Waals surface area contributed by atoms with Crippen molar-refractivity contribution in [1.82, 2.24) is 19.6 Å². The van der Waals surface area contributed by atoms with Crippen molar-refractivity contribution in [3.63, 3.8) is 0 Å². The van der Waals surface area contributed by atoms with Crippen molar-refractivity contribution >= 4 is 16.7 Å². The highest BCUT2D eigenvalue weighted by molar-refractivity contribution is 5.90. The third kappa shape index (κ3) is 3.44. The molecule has 0 saturated heterocycles. The van der Waals surface area contributed by atoms with Gasteiger partial charge in [0.2, 0.25) is 0 Å². The van der Waals surface area contributed by atoms with Gasteiger partial charge in [0.15, 0.2) is 11.3 Å². The Bertz CT molecular complexity index is 1580. The second-order valence-electron chi connectivity index (χ2n) is 10.6. The highest BCUT2D eigenvalue weighted by Crippen LogP contribution is 2.46. The van der Waals surface area contributed by atoms with Gasteiger partial charge in [0.25, 0.3) is 0 Å². The van der Waals surface area contributed by atoms with Crippen LogP contribution in [0.25, 0.3) is 39.1 Å². The van der Waals surface area contributed by atoms with Gasteiger partial charge in [-0.2, -0.15) is 9.61 Å². The molecule has 3 heterocycles. The number of nitrogens with zero attached hydrogens (tertiary/aromatic N) is 4. The second-order valence-corrected chi connectivity index (χ2v) is 10.6. The molecular weight excluding hydrogens is 434 g/mol. The largest absolute Gasteiger partial charge is 0.390 e. The van der Waals surface area contributed by atoms with E-state index in [0.717, 1.165) is 50.3 Å². The number of pyridine rings is 1. The van der Waals surface area contributed by atoms with E-state index in [9.17, 15) is 5.11 Å². The number of aliphatic hydroxyl groups is 1. The maximum atomic E-state index is 10.2. The molecule has 0 amide bonds. The van der Waals surface area contributed by atoms with Crippen LogP contribution in [-0.2, 0) is 5.54 Å². The highest BCUT2D eigenvalue weighted by Gasteiger charge is 2.49. The molecule has 0 atom stereocenters. The molecule has 0 spiro atoms. The Kier molecular flexibility index (Phi) is 4.26. The quantitative estimate of drug-likeness (QED) is 0.385. The third-order valence-electron chi connectivity index (χ3n) is 7.48. The van der Waals surface area contributed by atoms with Crippen molar-refractivity contribution in [3.8, 4) is 22.4 Å². The van der Waals surface area contributed by atoms with E-state index in [1.54, 1.807) is 0 Å². The Hall–Kier alpha value is -3.61. The topological polar surface area (TPSA) is 89.3 Å². The van der Waals surface area contributed by atoms with Crippen LogP contribution in [0.5, 0.6) is 0 Å². The van der Waals surface area contributed by atoms with E-state index in [1.165, 1.54) is 12.8 Å². The molecule has 2 aromatic carbocycles. The Balaban J connectivity index is 1.39. The summed E-state index contributed by atoms with van der Waals surface area (Å²) in [7, 11) is 0. The normalized spacial score (nSPS) is 24.1. The minimum Gasteiger partial charge on any atom is -0.390 e. The van der Waals surface area contributed by atoms with Gasteiger partial charge in [-0.1, -0.05) is 54.6 Å². The van der Waals surface area contributed by atoms with Crippen molar-refractivity contribution in [2.24, 2.45) is 5.73 Å². The van der Waals surface area contributed by atoms with Crippen molar-refractivity contribution in [2.45, 2.75) is 49.7 Å². The van der Waals surface area contributed by atoms with Crippen molar-refractivity contribution in [2.75, 3.05) is 0 Å². The van der Waals surface area contributed by atoms with Gasteiger partial charge in [0.05, 0.1) is 17.0 Å². The molecule has 174 valence electrons. The van der Waals surface area contributed by atoms with E-state index in [4.69, 9.17) is 15.8 Å². The summed E-state index contributed by atoms with van der Waals surface area (Å²) in [5.41, 5.74) is 13.3. The van der Waals surface area contributed by atoms with Gasteiger partial charge in [0, 0.05) is 40.2 Å². The van der Waals surface area contributed by atoms with Gasteiger partial charge in [0.1, 0.15) is 0 Å². The number of fused-ring (bicyclic) bond motifs is 3.